The Morgan fingerprint density at radius 2 is 1.95 bits per heavy atom. The van der Waals surface area contributed by atoms with E-state index in [4.69, 9.17) is 23.2 Å². The van der Waals surface area contributed by atoms with E-state index in [0.717, 1.165) is 4.68 Å². The Balaban J connectivity index is 1.52. The number of anilines is 1. The van der Waals surface area contributed by atoms with Crippen LogP contribution in [-0.2, 0) is 12.7 Å². The fourth-order valence-corrected chi connectivity index (χ4v) is 4.72. The SMILES string of the molecule is CC1C=CN=C(n2nc(C(F)(F)F)cc2C(=O)Nc2c(C(=O)N/C=C/Cn3cncn3)cc3ccccc3c2Cl)C1Cl. The number of nitrogens with one attached hydrogen (secondary N) is 2. The first kappa shape index (κ1) is 29.0. The first-order valence-corrected chi connectivity index (χ1v) is 13.2. The van der Waals surface area contributed by atoms with Crippen LogP contribution in [0.2, 0.25) is 5.02 Å². The van der Waals surface area contributed by atoms with Crippen LogP contribution in [0.25, 0.3) is 10.8 Å². The molecule has 0 aliphatic carbocycles. The fraction of sp³-hybridized carbons (Fsp3) is 0.185. The Labute approximate surface area is 246 Å². The molecule has 0 bridgehead atoms. The molecule has 3 heterocycles. The zero-order chi connectivity index (χ0) is 30.0. The largest absolute Gasteiger partial charge is 0.435 e. The van der Waals surface area contributed by atoms with Crippen LogP contribution in [0.3, 0.4) is 0 Å². The predicted molar refractivity (Wildman–Crippen MR) is 152 cm³/mol. The van der Waals surface area contributed by atoms with Gasteiger partial charge in [0.2, 0.25) is 0 Å². The lowest BCUT2D eigenvalue weighted by atomic mass is 10.0. The number of hydrogen-bond acceptors (Lipinski definition) is 6. The van der Waals surface area contributed by atoms with Gasteiger partial charge in [0.05, 0.1) is 28.2 Å². The van der Waals surface area contributed by atoms with E-state index in [0.29, 0.717) is 23.4 Å². The molecule has 2 N–H and O–H groups in total. The van der Waals surface area contributed by atoms with Crippen LogP contribution in [0.1, 0.15) is 33.5 Å². The molecule has 15 heteroatoms. The van der Waals surface area contributed by atoms with Crippen LogP contribution in [0.15, 0.2) is 78.6 Å². The highest BCUT2D eigenvalue weighted by Crippen LogP contribution is 2.36. The molecule has 0 saturated heterocycles. The Morgan fingerprint density at radius 3 is 2.69 bits per heavy atom. The van der Waals surface area contributed by atoms with Crippen LogP contribution >= 0.6 is 23.2 Å². The van der Waals surface area contributed by atoms with E-state index in [9.17, 15) is 22.8 Å². The van der Waals surface area contributed by atoms with Gasteiger partial charge >= 0.3 is 6.18 Å². The van der Waals surface area contributed by atoms with Gasteiger partial charge in [-0.15, -0.1) is 11.6 Å². The molecule has 42 heavy (non-hydrogen) atoms. The lowest BCUT2D eigenvalue weighted by Crippen LogP contribution is -2.34. The van der Waals surface area contributed by atoms with Gasteiger partial charge in [-0.3, -0.25) is 9.59 Å². The summed E-state index contributed by atoms with van der Waals surface area (Å²) < 4.78 is 43.3. The number of fused-ring (bicyclic) bond motifs is 1. The topological polar surface area (TPSA) is 119 Å². The van der Waals surface area contributed by atoms with Crippen molar-refractivity contribution >= 4 is 57.3 Å². The molecule has 216 valence electrons. The number of benzene rings is 2. The number of hydrogen-bond donors (Lipinski definition) is 2. The number of halogens is 5. The van der Waals surface area contributed by atoms with Crippen LogP contribution in [-0.4, -0.2) is 47.6 Å². The maximum Gasteiger partial charge on any atom is 0.435 e. The second-order valence-electron chi connectivity index (χ2n) is 9.20. The average Bonchev–Trinajstić information content (AvgIpc) is 3.64. The zero-order valence-electron chi connectivity index (χ0n) is 21.7. The summed E-state index contributed by atoms with van der Waals surface area (Å²) >= 11 is 13.1. The van der Waals surface area contributed by atoms with Gasteiger partial charge in [0.1, 0.15) is 24.2 Å². The summed E-state index contributed by atoms with van der Waals surface area (Å²) in [4.78, 5) is 34.8. The highest BCUT2D eigenvalue weighted by atomic mass is 35.5. The minimum absolute atomic E-state index is 0.0158. The summed E-state index contributed by atoms with van der Waals surface area (Å²) in [6.07, 6.45) is 4.08. The van der Waals surface area contributed by atoms with Gasteiger partial charge in [0, 0.05) is 23.9 Å². The molecular formula is C27H21Cl2F3N8O2. The van der Waals surface area contributed by atoms with Gasteiger partial charge in [0.15, 0.2) is 5.69 Å². The molecule has 2 unspecified atom stereocenters. The van der Waals surface area contributed by atoms with E-state index in [-0.39, 0.29) is 28.0 Å². The molecule has 2 amide bonds. The van der Waals surface area contributed by atoms with Crippen molar-refractivity contribution in [1.29, 1.82) is 0 Å². The Morgan fingerprint density at radius 1 is 1.17 bits per heavy atom. The number of rotatable bonds is 6. The summed E-state index contributed by atoms with van der Waals surface area (Å²) in [5, 5.41) is 13.0. The first-order chi connectivity index (χ1) is 20.0. The first-order valence-electron chi connectivity index (χ1n) is 12.4. The molecule has 0 fully saturated rings. The van der Waals surface area contributed by atoms with E-state index in [1.807, 2.05) is 0 Å². The Hall–Kier alpha value is -4.49. The standard InChI is InChI=1S/C27H21Cl2F3N8O2/c1-15-7-9-34-24(21(15)28)40-19(12-20(38-40)27(30,31)32)26(42)37-23-18(11-16-5-2-3-6-17(16)22(23)29)25(41)35-8-4-10-39-14-33-13-36-39/h2-9,11-15,21H,10H2,1H3,(H,35,41)(H,37,42)/b8-4+. The van der Waals surface area contributed by atoms with Crippen molar-refractivity contribution in [2.75, 3.05) is 5.32 Å². The number of carbonyl (C=O) groups is 2. The monoisotopic (exact) mass is 616 g/mol. The lowest BCUT2D eigenvalue weighted by molar-refractivity contribution is -0.141. The van der Waals surface area contributed by atoms with Gasteiger partial charge in [-0.1, -0.05) is 48.9 Å². The smallest absolute Gasteiger partial charge is 0.329 e. The predicted octanol–water partition coefficient (Wildman–Crippen LogP) is 5.51. The van der Waals surface area contributed by atoms with Crippen LogP contribution in [0.5, 0.6) is 0 Å². The van der Waals surface area contributed by atoms with Crippen molar-refractivity contribution < 1.29 is 22.8 Å². The highest BCUT2D eigenvalue weighted by molar-refractivity contribution is 6.40. The van der Waals surface area contributed by atoms with E-state index >= 15 is 0 Å². The number of aliphatic imine (C=N–C) groups is 1. The molecule has 0 spiro atoms. The zero-order valence-corrected chi connectivity index (χ0v) is 23.2. The third-order valence-electron chi connectivity index (χ3n) is 6.31. The molecule has 2 aromatic heterocycles. The summed E-state index contributed by atoms with van der Waals surface area (Å²) in [5.74, 6) is -2.00. The second kappa shape index (κ2) is 11.8. The third-order valence-corrected chi connectivity index (χ3v) is 7.30. The summed E-state index contributed by atoms with van der Waals surface area (Å²) in [6, 6.07) is 8.98. The van der Waals surface area contributed by atoms with Crippen LogP contribution in [0.4, 0.5) is 18.9 Å². The molecule has 5 rings (SSSR count). The molecular weight excluding hydrogens is 596 g/mol. The van der Waals surface area contributed by atoms with Gasteiger partial charge in [-0.2, -0.15) is 23.4 Å². The molecule has 0 saturated carbocycles. The summed E-state index contributed by atoms with van der Waals surface area (Å²) in [7, 11) is 0. The number of allylic oxidation sites excluding steroid dienone is 2. The van der Waals surface area contributed by atoms with Crippen molar-refractivity contribution in [3.63, 3.8) is 0 Å². The summed E-state index contributed by atoms with van der Waals surface area (Å²) in [5.41, 5.74) is -1.95. The summed E-state index contributed by atoms with van der Waals surface area (Å²) in [6.45, 7) is 2.07. The molecule has 10 nitrogen and oxygen atoms in total. The van der Waals surface area contributed by atoms with Crippen molar-refractivity contribution in [2.24, 2.45) is 10.9 Å². The van der Waals surface area contributed by atoms with Crippen LogP contribution in [0, 0.1) is 5.92 Å². The fourth-order valence-electron chi connectivity index (χ4n) is 4.17. The van der Waals surface area contributed by atoms with Gasteiger partial charge < -0.3 is 10.6 Å². The molecule has 0 radical (unpaired) electrons. The van der Waals surface area contributed by atoms with Crippen molar-refractivity contribution in [3.05, 3.63) is 95.6 Å². The Kier molecular flexibility index (Phi) is 8.14. The van der Waals surface area contributed by atoms with Gasteiger partial charge in [-0.25, -0.2) is 19.3 Å². The van der Waals surface area contributed by atoms with E-state index < -0.39 is 34.8 Å². The lowest BCUT2D eigenvalue weighted by Gasteiger charge is -2.21. The number of amides is 2. The molecule has 2 atom stereocenters. The molecule has 2 aromatic carbocycles. The maximum atomic E-state index is 13.7. The molecule has 4 aromatic rings. The van der Waals surface area contributed by atoms with Gasteiger partial charge in [-0.05, 0) is 23.4 Å². The van der Waals surface area contributed by atoms with E-state index in [1.54, 1.807) is 43.3 Å². The second-order valence-corrected chi connectivity index (χ2v) is 10.0. The molecule has 1 aliphatic rings. The Bertz CT molecular complexity index is 1750. The maximum absolute atomic E-state index is 13.7. The van der Waals surface area contributed by atoms with Gasteiger partial charge in [0.25, 0.3) is 11.8 Å². The van der Waals surface area contributed by atoms with E-state index in [2.05, 4.69) is 30.8 Å². The molecule has 1 aliphatic heterocycles. The van der Waals surface area contributed by atoms with E-state index in [1.165, 1.54) is 35.8 Å². The van der Waals surface area contributed by atoms with Crippen molar-refractivity contribution in [1.82, 2.24) is 29.9 Å². The number of alkyl halides is 4. The van der Waals surface area contributed by atoms with Crippen molar-refractivity contribution in [2.45, 2.75) is 25.0 Å². The normalized spacial score (nSPS) is 17.0. The third kappa shape index (κ3) is 5.92. The number of carbonyl (C=O) groups excluding carboxylic acids is 2. The minimum atomic E-state index is -4.86. The average molecular weight is 617 g/mol. The quantitative estimate of drug-likeness (QED) is 0.277. The number of nitrogens with zero attached hydrogens (tertiary/aromatic N) is 6. The highest BCUT2D eigenvalue weighted by Gasteiger charge is 2.38. The van der Waals surface area contributed by atoms with Crippen molar-refractivity contribution in [3.8, 4) is 0 Å². The minimum Gasteiger partial charge on any atom is -0.329 e. The number of aromatic nitrogens is 5. The van der Waals surface area contributed by atoms with Crippen LogP contribution < -0.4 is 10.6 Å².